The van der Waals surface area contributed by atoms with Gasteiger partial charge in [-0.1, -0.05) is 83.3 Å². The maximum absolute atomic E-state index is 11.8. The van der Waals surface area contributed by atoms with Gasteiger partial charge in [-0.15, -0.1) is 0 Å². The molecular weight excluding hydrogens is 396 g/mol. The van der Waals surface area contributed by atoms with E-state index in [-0.39, 0.29) is 23.7 Å². The first-order valence-corrected chi connectivity index (χ1v) is 11.4. The molecule has 0 radical (unpaired) electrons. The quantitative estimate of drug-likeness (QED) is 0.158. The Hall–Kier alpha value is -2.77. The van der Waals surface area contributed by atoms with E-state index in [2.05, 4.69) is 22.8 Å². The lowest BCUT2D eigenvalue weighted by Gasteiger charge is -2.05. The Morgan fingerprint density at radius 1 is 0.935 bits per heavy atom. The van der Waals surface area contributed by atoms with Crippen molar-refractivity contribution in [1.82, 2.24) is 10.7 Å². The van der Waals surface area contributed by atoms with Crippen LogP contribution in [0.1, 0.15) is 89.5 Å². The fourth-order valence-corrected chi connectivity index (χ4v) is 3.19. The molecule has 0 aliphatic rings. The second-order valence-corrected chi connectivity index (χ2v) is 7.67. The Morgan fingerprint density at radius 3 is 2.13 bits per heavy atom. The Labute approximate surface area is 185 Å². The van der Waals surface area contributed by atoms with Crippen LogP contribution in [0.4, 0.5) is 5.69 Å². The summed E-state index contributed by atoms with van der Waals surface area (Å²) in [6.45, 7) is 2.05. The molecular formula is C23H36N4O4. The van der Waals surface area contributed by atoms with Gasteiger partial charge in [-0.05, 0) is 12.5 Å². The lowest BCUT2D eigenvalue weighted by atomic mass is 10.1. The Balaban J connectivity index is 2.06. The molecule has 0 spiro atoms. The van der Waals surface area contributed by atoms with Gasteiger partial charge in [0.1, 0.15) is 0 Å². The van der Waals surface area contributed by atoms with E-state index in [1.807, 2.05) is 0 Å². The number of hydrogen-bond donors (Lipinski definition) is 2. The summed E-state index contributed by atoms with van der Waals surface area (Å²) in [4.78, 5) is 34.0. The van der Waals surface area contributed by atoms with Crippen LogP contribution in [0, 0.1) is 10.1 Å². The highest BCUT2D eigenvalue weighted by Crippen LogP contribution is 2.15. The largest absolute Gasteiger partial charge is 0.347 e. The van der Waals surface area contributed by atoms with Crippen molar-refractivity contribution in [2.24, 2.45) is 5.10 Å². The van der Waals surface area contributed by atoms with Crippen LogP contribution in [0.25, 0.3) is 0 Å². The highest BCUT2D eigenvalue weighted by Gasteiger charge is 2.10. The van der Waals surface area contributed by atoms with Crippen LogP contribution in [-0.2, 0) is 9.59 Å². The van der Waals surface area contributed by atoms with E-state index in [4.69, 9.17) is 0 Å². The predicted octanol–water partition coefficient (Wildman–Crippen LogP) is 4.86. The minimum atomic E-state index is -0.516. The topological polar surface area (TPSA) is 114 Å². The summed E-state index contributed by atoms with van der Waals surface area (Å²) >= 11 is 0. The minimum Gasteiger partial charge on any atom is -0.347 e. The van der Waals surface area contributed by atoms with E-state index >= 15 is 0 Å². The normalized spacial score (nSPS) is 10.9. The summed E-state index contributed by atoms with van der Waals surface area (Å²) < 4.78 is 0. The highest BCUT2D eigenvalue weighted by molar-refractivity contribution is 5.88. The molecule has 1 aromatic carbocycles. The number of carbonyl (C=O) groups excluding carboxylic acids is 2. The van der Waals surface area contributed by atoms with Gasteiger partial charge in [-0.25, -0.2) is 5.43 Å². The van der Waals surface area contributed by atoms with Crippen LogP contribution in [0.2, 0.25) is 0 Å². The molecule has 0 bridgehead atoms. The van der Waals surface area contributed by atoms with Gasteiger partial charge >= 0.3 is 0 Å². The molecule has 0 aliphatic carbocycles. The Kier molecular flexibility index (Phi) is 14.4. The Morgan fingerprint density at radius 2 is 1.52 bits per heavy atom. The monoisotopic (exact) mass is 432 g/mol. The summed E-state index contributed by atoms with van der Waals surface area (Å²) in [5.41, 5.74) is 2.45. The summed E-state index contributed by atoms with van der Waals surface area (Å²) in [5.74, 6) is -0.643. The molecule has 1 aromatic rings. The molecule has 31 heavy (non-hydrogen) atoms. The molecule has 0 unspecified atom stereocenters. The number of nitrogens with one attached hydrogen (secondary N) is 2. The first-order chi connectivity index (χ1) is 15.0. The third-order valence-corrected chi connectivity index (χ3v) is 4.98. The number of nitro groups is 1. The highest BCUT2D eigenvalue weighted by atomic mass is 16.6. The van der Waals surface area contributed by atoms with Crippen molar-refractivity contribution >= 4 is 23.7 Å². The van der Waals surface area contributed by atoms with E-state index in [9.17, 15) is 19.7 Å². The third-order valence-electron chi connectivity index (χ3n) is 4.98. The zero-order valence-electron chi connectivity index (χ0n) is 18.6. The molecule has 0 saturated heterocycles. The molecule has 0 saturated carbocycles. The van der Waals surface area contributed by atoms with Gasteiger partial charge in [0.05, 0.1) is 23.2 Å². The zero-order chi connectivity index (χ0) is 22.7. The summed E-state index contributed by atoms with van der Waals surface area (Å²) in [6, 6.07) is 6.09. The molecule has 0 heterocycles. The predicted molar refractivity (Wildman–Crippen MR) is 123 cm³/mol. The standard InChI is InChI=1S/C23H36N4O4/c1-2-3-4-5-6-7-8-9-10-11-12-17-22(28)24-19-23(29)26-25-18-20-15-13-14-16-21(20)27(30)31/h13-16,18H,2-12,17,19H2,1H3,(H,24,28)(H,26,29). The first-order valence-electron chi connectivity index (χ1n) is 11.4. The molecule has 0 aliphatic heterocycles. The number of carbonyl (C=O) groups is 2. The third kappa shape index (κ3) is 13.2. The first kappa shape index (κ1) is 26.3. The summed E-state index contributed by atoms with van der Waals surface area (Å²) in [6.07, 6.45) is 15.1. The van der Waals surface area contributed by atoms with E-state index in [1.54, 1.807) is 12.1 Å². The van der Waals surface area contributed by atoms with Crippen molar-refractivity contribution in [1.29, 1.82) is 0 Å². The van der Waals surface area contributed by atoms with Crippen LogP contribution in [-0.4, -0.2) is 29.5 Å². The molecule has 1 rings (SSSR count). The van der Waals surface area contributed by atoms with Gasteiger partial charge < -0.3 is 5.32 Å². The second-order valence-electron chi connectivity index (χ2n) is 7.67. The van der Waals surface area contributed by atoms with Gasteiger partial charge in [-0.2, -0.15) is 5.10 Å². The molecule has 8 nitrogen and oxygen atoms in total. The molecule has 0 aromatic heterocycles. The molecule has 8 heteroatoms. The number of rotatable bonds is 17. The van der Waals surface area contributed by atoms with E-state index in [0.717, 1.165) is 19.3 Å². The van der Waals surface area contributed by atoms with Crippen molar-refractivity contribution in [3.8, 4) is 0 Å². The molecule has 0 atom stereocenters. The number of hydrogen-bond acceptors (Lipinski definition) is 5. The lowest BCUT2D eigenvalue weighted by molar-refractivity contribution is -0.385. The van der Waals surface area contributed by atoms with Gasteiger partial charge in [0, 0.05) is 12.5 Å². The van der Waals surface area contributed by atoms with Crippen molar-refractivity contribution in [2.75, 3.05) is 6.54 Å². The van der Waals surface area contributed by atoms with Crippen LogP contribution < -0.4 is 10.7 Å². The fraction of sp³-hybridized carbons (Fsp3) is 0.609. The molecule has 0 fully saturated rings. The summed E-state index contributed by atoms with van der Waals surface area (Å²) in [5, 5.41) is 17.2. The van der Waals surface area contributed by atoms with Crippen LogP contribution in [0.3, 0.4) is 0 Å². The minimum absolute atomic E-state index is 0.0965. The Bertz CT molecular complexity index is 707. The number of amides is 2. The van der Waals surface area contributed by atoms with Gasteiger partial charge in [-0.3, -0.25) is 19.7 Å². The second kappa shape index (κ2) is 17.0. The van der Waals surface area contributed by atoms with E-state index < -0.39 is 10.8 Å². The van der Waals surface area contributed by atoms with Crippen LogP contribution in [0.5, 0.6) is 0 Å². The maximum atomic E-state index is 11.8. The van der Waals surface area contributed by atoms with Crippen LogP contribution >= 0.6 is 0 Å². The number of hydrazone groups is 1. The van der Waals surface area contributed by atoms with Crippen molar-refractivity contribution < 1.29 is 14.5 Å². The molecule has 172 valence electrons. The average Bonchev–Trinajstić information content (AvgIpc) is 2.76. The average molecular weight is 433 g/mol. The zero-order valence-corrected chi connectivity index (χ0v) is 18.6. The van der Waals surface area contributed by atoms with Gasteiger partial charge in [0.2, 0.25) is 5.91 Å². The number of benzene rings is 1. The number of para-hydroxylation sites is 1. The van der Waals surface area contributed by atoms with E-state index in [1.165, 1.54) is 69.7 Å². The smallest absolute Gasteiger partial charge is 0.278 e. The maximum Gasteiger partial charge on any atom is 0.278 e. The lowest BCUT2D eigenvalue weighted by Crippen LogP contribution is -2.34. The van der Waals surface area contributed by atoms with E-state index in [0.29, 0.717) is 6.42 Å². The molecule has 2 amide bonds. The summed E-state index contributed by atoms with van der Waals surface area (Å²) in [7, 11) is 0. The number of nitrogens with zero attached hydrogens (tertiary/aromatic N) is 2. The number of nitro benzene ring substituents is 1. The number of unbranched alkanes of at least 4 members (excludes halogenated alkanes) is 10. The fourth-order valence-electron chi connectivity index (χ4n) is 3.19. The van der Waals surface area contributed by atoms with Gasteiger partial charge in [0.15, 0.2) is 0 Å². The van der Waals surface area contributed by atoms with Crippen molar-refractivity contribution in [2.45, 2.75) is 84.0 Å². The van der Waals surface area contributed by atoms with Crippen LogP contribution in [0.15, 0.2) is 29.4 Å². The van der Waals surface area contributed by atoms with Crippen molar-refractivity contribution in [3.05, 3.63) is 39.9 Å². The van der Waals surface area contributed by atoms with Crippen molar-refractivity contribution in [3.63, 3.8) is 0 Å². The SMILES string of the molecule is CCCCCCCCCCCCCC(=O)NCC(=O)NN=Cc1ccccc1[N+](=O)[O-]. The van der Waals surface area contributed by atoms with Gasteiger partial charge in [0.25, 0.3) is 11.6 Å². The molecule has 2 N–H and O–H groups in total.